The molecule has 21 heavy (non-hydrogen) atoms. The summed E-state index contributed by atoms with van der Waals surface area (Å²) in [6, 6.07) is 6.60. The van der Waals surface area contributed by atoms with Crippen LogP contribution in [0.5, 0.6) is 0 Å². The summed E-state index contributed by atoms with van der Waals surface area (Å²) in [5, 5.41) is 3.29. The van der Waals surface area contributed by atoms with Crippen LogP contribution >= 0.6 is 0 Å². The van der Waals surface area contributed by atoms with Crippen molar-refractivity contribution in [1.29, 1.82) is 0 Å². The number of rotatable bonds is 2. The summed E-state index contributed by atoms with van der Waals surface area (Å²) in [6.45, 7) is 3.47. The van der Waals surface area contributed by atoms with Crippen LogP contribution in [0.1, 0.15) is 47.2 Å². The Kier molecular flexibility index (Phi) is 3.46. The Hall–Kier alpha value is -1.35. The van der Waals surface area contributed by atoms with Crippen molar-refractivity contribution in [2.45, 2.75) is 44.6 Å². The Morgan fingerprint density at radius 1 is 1.14 bits per heavy atom. The second-order valence-electron chi connectivity index (χ2n) is 6.99. The standard InChI is InChI=1S/C18H24N2O/c21-18(16-5-4-14-2-1-3-15(14)11-16)19-17-10-13-6-8-20(12-17)9-7-13/h4-5,11,13,17H,1-3,6-10,12H2,(H,19,21). The largest absolute Gasteiger partial charge is 0.348 e. The zero-order valence-corrected chi connectivity index (χ0v) is 12.6. The Morgan fingerprint density at radius 3 is 2.81 bits per heavy atom. The van der Waals surface area contributed by atoms with Crippen molar-refractivity contribution in [2.75, 3.05) is 19.6 Å². The minimum absolute atomic E-state index is 0.122. The zero-order valence-electron chi connectivity index (χ0n) is 12.6. The zero-order chi connectivity index (χ0) is 14.2. The molecule has 4 aliphatic rings. The second-order valence-corrected chi connectivity index (χ2v) is 6.99. The Bertz CT molecular complexity index is 532. The van der Waals surface area contributed by atoms with Gasteiger partial charge in [-0.15, -0.1) is 0 Å². The quantitative estimate of drug-likeness (QED) is 0.904. The van der Waals surface area contributed by atoms with Gasteiger partial charge < -0.3 is 10.2 Å². The van der Waals surface area contributed by atoms with Crippen molar-refractivity contribution in [2.24, 2.45) is 5.92 Å². The van der Waals surface area contributed by atoms with E-state index in [0.29, 0.717) is 6.04 Å². The van der Waals surface area contributed by atoms with E-state index in [4.69, 9.17) is 0 Å². The number of amides is 1. The van der Waals surface area contributed by atoms with Crippen LogP contribution in [0.4, 0.5) is 0 Å². The van der Waals surface area contributed by atoms with Crippen molar-refractivity contribution in [1.82, 2.24) is 10.2 Å². The predicted molar refractivity (Wildman–Crippen MR) is 83.5 cm³/mol. The maximum Gasteiger partial charge on any atom is 0.251 e. The van der Waals surface area contributed by atoms with E-state index < -0.39 is 0 Å². The molecule has 0 spiro atoms. The number of carbonyl (C=O) groups is 1. The molecular weight excluding hydrogens is 260 g/mol. The van der Waals surface area contributed by atoms with Crippen molar-refractivity contribution >= 4 is 5.91 Å². The van der Waals surface area contributed by atoms with Crippen molar-refractivity contribution < 1.29 is 4.79 Å². The molecule has 0 radical (unpaired) electrons. The molecule has 1 aromatic carbocycles. The topological polar surface area (TPSA) is 32.3 Å². The van der Waals surface area contributed by atoms with Gasteiger partial charge in [-0.3, -0.25) is 4.79 Å². The first kappa shape index (κ1) is 13.3. The summed E-state index contributed by atoms with van der Waals surface area (Å²) in [6.07, 6.45) is 7.33. The van der Waals surface area contributed by atoms with Gasteiger partial charge in [-0.2, -0.15) is 0 Å². The molecule has 3 nitrogen and oxygen atoms in total. The van der Waals surface area contributed by atoms with Gasteiger partial charge in [0.1, 0.15) is 0 Å². The summed E-state index contributed by atoms with van der Waals surface area (Å²) < 4.78 is 0. The molecule has 3 saturated heterocycles. The number of nitrogens with one attached hydrogen (secondary N) is 1. The van der Waals surface area contributed by atoms with Gasteiger partial charge in [0, 0.05) is 18.2 Å². The number of hydrogen-bond acceptors (Lipinski definition) is 2. The van der Waals surface area contributed by atoms with Crippen LogP contribution in [0, 0.1) is 5.92 Å². The second kappa shape index (κ2) is 5.45. The molecule has 112 valence electrons. The monoisotopic (exact) mass is 284 g/mol. The van der Waals surface area contributed by atoms with Gasteiger partial charge in [-0.05, 0) is 80.8 Å². The molecule has 1 amide bonds. The first-order chi connectivity index (χ1) is 10.3. The molecule has 1 aliphatic carbocycles. The SMILES string of the molecule is O=C(NC1CC2CCN(CC2)C1)c1ccc2c(c1)CCC2. The van der Waals surface area contributed by atoms with E-state index >= 15 is 0 Å². The molecule has 5 rings (SSSR count). The van der Waals surface area contributed by atoms with Gasteiger partial charge in [0.2, 0.25) is 0 Å². The van der Waals surface area contributed by atoms with Crippen molar-refractivity contribution in [3.05, 3.63) is 34.9 Å². The lowest BCUT2D eigenvalue weighted by atomic mass is 9.94. The van der Waals surface area contributed by atoms with E-state index in [2.05, 4.69) is 22.3 Å². The fraction of sp³-hybridized carbons (Fsp3) is 0.611. The van der Waals surface area contributed by atoms with Crippen LogP contribution in [0.2, 0.25) is 0 Å². The lowest BCUT2D eigenvalue weighted by Gasteiger charge is -2.26. The fourth-order valence-electron chi connectivity index (χ4n) is 4.28. The number of nitrogens with zero attached hydrogens (tertiary/aromatic N) is 1. The summed E-state index contributed by atoms with van der Waals surface area (Å²) in [4.78, 5) is 15.0. The van der Waals surface area contributed by atoms with E-state index in [9.17, 15) is 4.79 Å². The van der Waals surface area contributed by atoms with Gasteiger partial charge in [0.05, 0.1) is 0 Å². The van der Waals surface area contributed by atoms with E-state index in [-0.39, 0.29) is 5.91 Å². The van der Waals surface area contributed by atoms with Crippen LogP contribution in [0.25, 0.3) is 0 Å². The maximum atomic E-state index is 12.5. The molecule has 3 aliphatic heterocycles. The average Bonchev–Trinajstić information content (AvgIpc) is 2.78. The average molecular weight is 284 g/mol. The summed E-state index contributed by atoms with van der Waals surface area (Å²) in [7, 11) is 0. The molecule has 1 atom stereocenters. The van der Waals surface area contributed by atoms with Gasteiger partial charge in [-0.1, -0.05) is 6.07 Å². The number of carbonyl (C=O) groups excluding carboxylic acids is 1. The Balaban J connectivity index is 1.45. The molecular formula is C18H24N2O. The smallest absolute Gasteiger partial charge is 0.251 e. The minimum Gasteiger partial charge on any atom is -0.348 e. The molecule has 1 aromatic rings. The third kappa shape index (κ3) is 2.71. The number of piperidine rings is 1. The molecule has 1 N–H and O–H groups in total. The van der Waals surface area contributed by atoms with E-state index in [1.165, 1.54) is 49.9 Å². The molecule has 3 heterocycles. The lowest BCUT2D eigenvalue weighted by molar-refractivity contribution is 0.0928. The maximum absolute atomic E-state index is 12.5. The Labute approximate surface area is 126 Å². The third-order valence-electron chi connectivity index (χ3n) is 5.50. The number of hydrogen-bond donors (Lipinski definition) is 1. The first-order valence-electron chi connectivity index (χ1n) is 8.43. The van der Waals surface area contributed by atoms with Crippen LogP contribution < -0.4 is 5.32 Å². The summed E-state index contributed by atoms with van der Waals surface area (Å²) in [5.41, 5.74) is 3.67. The molecule has 2 bridgehead atoms. The number of aryl methyl sites for hydroxylation is 2. The lowest BCUT2D eigenvalue weighted by Crippen LogP contribution is -2.42. The molecule has 1 unspecified atom stereocenters. The van der Waals surface area contributed by atoms with Gasteiger partial charge in [-0.25, -0.2) is 0 Å². The molecule has 0 saturated carbocycles. The highest BCUT2D eigenvalue weighted by Crippen LogP contribution is 2.27. The molecule has 3 fully saturated rings. The highest BCUT2D eigenvalue weighted by Gasteiger charge is 2.30. The van der Waals surface area contributed by atoms with Crippen LogP contribution in [-0.2, 0) is 12.8 Å². The summed E-state index contributed by atoms with van der Waals surface area (Å²) in [5.74, 6) is 0.936. The van der Waals surface area contributed by atoms with Crippen LogP contribution in [-0.4, -0.2) is 36.5 Å². The van der Waals surface area contributed by atoms with E-state index in [0.717, 1.165) is 30.9 Å². The van der Waals surface area contributed by atoms with Crippen molar-refractivity contribution in [3.63, 3.8) is 0 Å². The van der Waals surface area contributed by atoms with Gasteiger partial charge >= 0.3 is 0 Å². The number of fused-ring (bicyclic) bond motifs is 5. The third-order valence-corrected chi connectivity index (χ3v) is 5.50. The highest BCUT2D eigenvalue weighted by molar-refractivity contribution is 5.94. The molecule has 0 aromatic heterocycles. The summed E-state index contributed by atoms with van der Waals surface area (Å²) >= 11 is 0. The Morgan fingerprint density at radius 2 is 1.95 bits per heavy atom. The van der Waals surface area contributed by atoms with Crippen LogP contribution in [0.15, 0.2) is 18.2 Å². The van der Waals surface area contributed by atoms with E-state index in [1.807, 2.05) is 6.07 Å². The minimum atomic E-state index is 0.122. The fourth-order valence-corrected chi connectivity index (χ4v) is 4.28. The van der Waals surface area contributed by atoms with Crippen molar-refractivity contribution in [3.8, 4) is 0 Å². The first-order valence-corrected chi connectivity index (χ1v) is 8.43. The highest BCUT2D eigenvalue weighted by atomic mass is 16.1. The van der Waals surface area contributed by atoms with E-state index in [1.54, 1.807) is 0 Å². The molecule has 3 heteroatoms. The van der Waals surface area contributed by atoms with Gasteiger partial charge in [0.15, 0.2) is 0 Å². The normalized spacial score (nSPS) is 30.8. The predicted octanol–water partition coefficient (Wildman–Crippen LogP) is 2.39. The number of benzene rings is 1. The van der Waals surface area contributed by atoms with Gasteiger partial charge in [0.25, 0.3) is 5.91 Å². The van der Waals surface area contributed by atoms with Crippen LogP contribution in [0.3, 0.4) is 0 Å².